The Hall–Kier alpha value is -2.54. The molecule has 3 rings (SSSR count). The lowest BCUT2D eigenvalue weighted by Gasteiger charge is -2.05. The Labute approximate surface area is 124 Å². The third-order valence-corrected chi connectivity index (χ3v) is 3.96. The first-order valence-corrected chi connectivity index (χ1v) is 7.08. The van der Waals surface area contributed by atoms with E-state index in [-0.39, 0.29) is 10.6 Å². The summed E-state index contributed by atoms with van der Waals surface area (Å²) >= 11 is 1.25. The molecule has 0 unspecified atom stereocenters. The van der Waals surface area contributed by atoms with Gasteiger partial charge in [0.05, 0.1) is 20.9 Å². The normalized spacial score (nSPS) is 10.7. The molecule has 0 bridgehead atoms. The number of anilines is 1. The summed E-state index contributed by atoms with van der Waals surface area (Å²) in [6.45, 7) is 0. The quantitative estimate of drug-likeness (QED) is 0.567. The number of hydrogen-bond acceptors (Lipinski definition) is 5. The number of imidazole rings is 1. The van der Waals surface area contributed by atoms with Crippen LogP contribution in [0, 0.1) is 10.1 Å². The summed E-state index contributed by atoms with van der Waals surface area (Å²) in [6.07, 6.45) is 0. The second kappa shape index (κ2) is 5.45. The maximum Gasteiger partial charge on any atom is 0.306 e. The van der Waals surface area contributed by atoms with Crippen LogP contribution < -0.4 is 5.32 Å². The van der Waals surface area contributed by atoms with E-state index < -0.39 is 0 Å². The lowest BCUT2D eigenvalue weighted by molar-refractivity contribution is -0.386. The van der Waals surface area contributed by atoms with E-state index in [4.69, 9.17) is 0 Å². The predicted molar refractivity (Wildman–Crippen MR) is 82.9 cm³/mol. The number of hydrogen-bond donors (Lipinski definition) is 2. The fourth-order valence-corrected chi connectivity index (χ4v) is 3.02. The zero-order valence-electron chi connectivity index (χ0n) is 11.2. The number of benzene rings is 2. The maximum atomic E-state index is 11.3. The number of fused-ring (bicyclic) bond motifs is 1. The number of nitro benzene ring substituents is 1. The van der Waals surface area contributed by atoms with Gasteiger partial charge in [0, 0.05) is 7.05 Å². The molecule has 1 heterocycles. The summed E-state index contributed by atoms with van der Waals surface area (Å²) < 4.78 is 0. The van der Waals surface area contributed by atoms with Crippen molar-refractivity contribution < 1.29 is 4.92 Å². The first-order valence-electron chi connectivity index (χ1n) is 6.27. The fraction of sp³-hybridized carbons (Fsp3) is 0.0714. The Balaban J connectivity index is 2.03. The summed E-state index contributed by atoms with van der Waals surface area (Å²) in [5.74, 6) is 0. The van der Waals surface area contributed by atoms with E-state index in [0.29, 0.717) is 15.7 Å². The van der Waals surface area contributed by atoms with Crippen LogP contribution >= 0.6 is 11.8 Å². The molecule has 7 heteroatoms. The Kier molecular flexibility index (Phi) is 3.49. The van der Waals surface area contributed by atoms with Gasteiger partial charge in [0.25, 0.3) is 0 Å². The highest BCUT2D eigenvalue weighted by Crippen LogP contribution is 2.38. The molecule has 3 aromatic rings. The van der Waals surface area contributed by atoms with Crippen molar-refractivity contribution in [2.45, 2.75) is 10.1 Å². The fourth-order valence-electron chi connectivity index (χ4n) is 2.08. The molecule has 0 aliphatic heterocycles. The van der Waals surface area contributed by atoms with Crippen LogP contribution in [0.3, 0.4) is 0 Å². The van der Waals surface area contributed by atoms with Gasteiger partial charge in [-0.25, -0.2) is 4.98 Å². The van der Waals surface area contributed by atoms with Gasteiger partial charge < -0.3 is 10.3 Å². The number of rotatable bonds is 4. The number of nitrogens with zero attached hydrogens (tertiary/aromatic N) is 2. The number of nitro groups is 1. The minimum atomic E-state index is -0.378. The summed E-state index contributed by atoms with van der Waals surface area (Å²) in [6, 6.07) is 12.8. The van der Waals surface area contributed by atoms with Crippen LogP contribution in [0.2, 0.25) is 0 Å². The molecule has 6 nitrogen and oxygen atoms in total. The van der Waals surface area contributed by atoms with Crippen LogP contribution in [-0.4, -0.2) is 21.9 Å². The Morgan fingerprint density at radius 1 is 1.24 bits per heavy atom. The predicted octanol–water partition coefficient (Wildman–Crippen LogP) is 3.66. The molecular formula is C14H12N4O2S. The zero-order chi connectivity index (χ0) is 14.8. The van der Waals surface area contributed by atoms with E-state index in [9.17, 15) is 10.1 Å². The minimum absolute atomic E-state index is 0.0606. The average Bonchev–Trinajstić information content (AvgIpc) is 2.88. The number of aromatic amines is 1. The van der Waals surface area contributed by atoms with Crippen molar-refractivity contribution in [2.24, 2.45) is 0 Å². The molecule has 106 valence electrons. The van der Waals surface area contributed by atoms with Crippen molar-refractivity contribution in [1.29, 1.82) is 0 Å². The molecule has 0 aliphatic carbocycles. The number of para-hydroxylation sites is 3. The van der Waals surface area contributed by atoms with Gasteiger partial charge in [-0.15, -0.1) is 0 Å². The van der Waals surface area contributed by atoms with E-state index >= 15 is 0 Å². The van der Waals surface area contributed by atoms with Gasteiger partial charge in [0.15, 0.2) is 5.16 Å². The lowest BCUT2D eigenvalue weighted by Crippen LogP contribution is -1.98. The topological polar surface area (TPSA) is 83.8 Å². The largest absolute Gasteiger partial charge is 0.383 e. The number of H-pyrrole nitrogens is 1. The molecule has 0 atom stereocenters. The van der Waals surface area contributed by atoms with E-state index in [1.54, 1.807) is 25.2 Å². The molecule has 2 aromatic carbocycles. The van der Waals surface area contributed by atoms with Crippen LogP contribution in [0.1, 0.15) is 0 Å². The lowest BCUT2D eigenvalue weighted by atomic mass is 10.3. The second-order valence-corrected chi connectivity index (χ2v) is 5.35. The summed E-state index contributed by atoms with van der Waals surface area (Å²) in [4.78, 5) is 19.0. The van der Waals surface area contributed by atoms with E-state index in [1.165, 1.54) is 11.8 Å². The van der Waals surface area contributed by atoms with Crippen LogP contribution in [0.15, 0.2) is 52.5 Å². The smallest absolute Gasteiger partial charge is 0.306 e. The summed E-state index contributed by atoms with van der Waals surface area (Å²) in [5.41, 5.74) is 2.30. The standard InChI is InChI=1S/C14H12N4O2S/c1-15-11-7-4-8-12(13(11)18(19)20)21-14-16-9-5-2-3-6-10(9)17-14/h2-8,15H,1H3,(H,16,17). The van der Waals surface area contributed by atoms with Crippen molar-refractivity contribution in [1.82, 2.24) is 9.97 Å². The van der Waals surface area contributed by atoms with Crippen molar-refractivity contribution in [3.8, 4) is 0 Å². The second-order valence-electron chi connectivity index (χ2n) is 4.32. The monoisotopic (exact) mass is 300 g/mol. The maximum absolute atomic E-state index is 11.3. The third-order valence-electron chi connectivity index (χ3n) is 3.03. The molecular weight excluding hydrogens is 288 g/mol. The van der Waals surface area contributed by atoms with E-state index in [2.05, 4.69) is 15.3 Å². The van der Waals surface area contributed by atoms with Gasteiger partial charge in [-0.3, -0.25) is 10.1 Å². The van der Waals surface area contributed by atoms with Gasteiger partial charge in [0.1, 0.15) is 5.69 Å². The zero-order valence-corrected chi connectivity index (χ0v) is 12.0. The van der Waals surface area contributed by atoms with E-state index in [1.807, 2.05) is 24.3 Å². The molecule has 0 radical (unpaired) electrons. The van der Waals surface area contributed by atoms with Gasteiger partial charge in [0.2, 0.25) is 0 Å². The van der Waals surface area contributed by atoms with Crippen molar-refractivity contribution in [3.05, 3.63) is 52.6 Å². The molecule has 0 amide bonds. The van der Waals surface area contributed by atoms with Crippen molar-refractivity contribution >= 4 is 34.2 Å². The first-order chi connectivity index (χ1) is 10.2. The van der Waals surface area contributed by atoms with Gasteiger partial charge in [-0.05, 0) is 36.0 Å². The molecule has 0 aliphatic rings. The molecule has 0 saturated carbocycles. The molecule has 21 heavy (non-hydrogen) atoms. The Morgan fingerprint density at radius 3 is 2.76 bits per heavy atom. The van der Waals surface area contributed by atoms with Gasteiger partial charge in [-0.2, -0.15) is 0 Å². The van der Waals surface area contributed by atoms with Crippen LogP contribution in [0.4, 0.5) is 11.4 Å². The molecule has 0 spiro atoms. The third kappa shape index (κ3) is 2.55. The average molecular weight is 300 g/mol. The van der Waals surface area contributed by atoms with E-state index in [0.717, 1.165) is 11.0 Å². The summed E-state index contributed by atoms with van der Waals surface area (Å²) in [5, 5.41) is 14.8. The van der Waals surface area contributed by atoms with Gasteiger partial charge in [-0.1, -0.05) is 18.2 Å². The van der Waals surface area contributed by atoms with Crippen molar-refractivity contribution in [3.63, 3.8) is 0 Å². The Bertz CT molecular complexity index is 783. The SMILES string of the molecule is CNc1cccc(Sc2nc3ccccc3[nH]2)c1[N+](=O)[O-]. The molecule has 0 saturated heterocycles. The molecule has 2 N–H and O–H groups in total. The van der Waals surface area contributed by atoms with Crippen LogP contribution in [-0.2, 0) is 0 Å². The molecule has 0 fully saturated rings. The highest BCUT2D eigenvalue weighted by atomic mass is 32.2. The Morgan fingerprint density at radius 2 is 2.05 bits per heavy atom. The number of nitrogens with one attached hydrogen (secondary N) is 2. The highest BCUT2D eigenvalue weighted by Gasteiger charge is 2.20. The summed E-state index contributed by atoms with van der Waals surface area (Å²) in [7, 11) is 1.66. The van der Waals surface area contributed by atoms with Crippen molar-refractivity contribution in [2.75, 3.05) is 12.4 Å². The number of aromatic nitrogens is 2. The molecule has 1 aromatic heterocycles. The highest BCUT2D eigenvalue weighted by molar-refractivity contribution is 7.99. The van der Waals surface area contributed by atoms with Gasteiger partial charge >= 0.3 is 5.69 Å². The van der Waals surface area contributed by atoms with Crippen LogP contribution in [0.25, 0.3) is 11.0 Å². The van der Waals surface area contributed by atoms with Crippen LogP contribution in [0.5, 0.6) is 0 Å². The first kappa shape index (κ1) is 13.4. The minimum Gasteiger partial charge on any atom is -0.383 e.